The van der Waals surface area contributed by atoms with Crippen molar-refractivity contribution >= 4 is 28.7 Å². The number of carbonyl (C=O) groups excluding carboxylic acids is 2. The minimum Gasteiger partial charge on any atom is -0.444 e. The van der Waals surface area contributed by atoms with E-state index in [0.717, 1.165) is 27.7 Å². The molecule has 212 valence electrons. The zero-order valence-electron chi connectivity index (χ0n) is 24.1. The molecule has 0 spiro atoms. The van der Waals surface area contributed by atoms with Crippen LogP contribution in [-0.2, 0) is 29.5 Å². The first-order valence-corrected chi connectivity index (χ1v) is 13.7. The Balaban J connectivity index is 1.42. The molecule has 0 fully saturated rings. The average Bonchev–Trinajstić information content (AvgIpc) is 3.59. The number of anilines is 1. The van der Waals surface area contributed by atoms with Gasteiger partial charge in [-0.3, -0.25) is 14.4 Å². The first kappa shape index (κ1) is 26.7. The van der Waals surface area contributed by atoms with Crippen LogP contribution in [0.2, 0.25) is 0 Å². The molecule has 1 atom stereocenters. The van der Waals surface area contributed by atoms with Gasteiger partial charge in [0.2, 0.25) is 5.91 Å². The Morgan fingerprint density at radius 2 is 1.85 bits per heavy atom. The fraction of sp³-hybridized carbons (Fsp3) is 0.355. The molecule has 4 heterocycles. The number of nitrogens with zero attached hydrogens (tertiary/aromatic N) is 6. The van der Waals surface area contributed by atoms with Crippen LogP contribution in [0.3, 0.4) is 0 Å². The van der Waals surface area contributed by atoms with Crippen molar-refractivity contribution in [3.8, 4) is 5.69 Å². The monoisotopic (exact) mass is 556 g/mol. The fourth-order valence-corrected chi connectivity index (χ4v) is 5.60. The van der Waals surface area contributed by atoms with Gasteiger partial charge in [-0.25, -0.2) is 13.9 Å². The van der Waals surface area contributed by atoms with Gasteiger partial charge < -0.3 is 9.64 Å². The third kappa shape index (κ3) is 4.67. The van der Waals surface area contributed by atoms with Crippen molar-refractivity contribution in [3.63, 3.8) is 0 Å². The number of aromatic nitrogens is 4. The first-order chi connectivity index (χ1) is 19.4. The number of hydrogen-bond acceptors (Lipinski definition) is 5. The number of halogens is 1. The number of aryl methyl sites for hydroxylation is 3. The Kier molecular flexibility index (Phi) is 6.24. The Morgan fingerprint density at radius 3 is 2.56 bits per heavy atom. The maximum Gasteiger partial charge on any atom is 0.410 e. The van der Waals surface area contributed by atoms with Gasteiger partial charge in [0.1, 0.15) is 17.2 Å². The van der Waals surface area contributed by atoms with E-state index in [1.54, 1.807) is 57.5 Å². The fourth-order valence-electron chi connectivity index (χ4n) is 5.60. The highest BCUT2D eigenvalue weighted by atomic mass is 19.1. The molecule has 4 aromatic rings. The lowest BCUT2D eigenvalue weighted by molar-refractivity contribution is -0.117. The third-order valence-electron chi connectivity index (χ3n) is 7.61. The molecule has 9 nitrogen and oxygen atoms in total. The molecular weight excluding hydrogens is 523 g/mol. The summed E-state index contributed by atoms with van der Waals surface area (Å²) in [6.07, 6.45) is 5.51. The second-order valence-corrected chi connectivity index (χ2v) is 11.8. The highest BCUT2D eigenvalue weighted by molar-refractivity contribution is 6.04. The number of fused-ring (bicyclic) bond motifs is 2. The largest absolute Gasteiger partial charge is 0.444 e. The highest BCUT2D eigenvalue weighted by Gasteiger charge is 2.37. The number of rotatable bonds is 3. The standard InChI is InChI=1S/C31H33FN6O3/c1-18-13-22(14-19(2)27(18)32)38-28(24-17-36(11-10-25(24)34-38)30(40)41-31(3,4)5)37-12-9-23(29(37)39)20-7-8-26-21(15-20)16-33-35(26)6/h7-9,12-16,23H,10-11,17H2,1-6H3. The minimum atomic E-state index is -0.635. The molecule has 2 aliphatic heterocycles. The Labute approximate surface area is 237 Å². The van der Waals surface area contributed by atoms with Crippen LogP contribution in [-0.4, -0.2) is 48.6 Å². The van der Waals surface area contributed by atoms with Crippen LogP contribution in [0.15, 0.2) is 48.8 Å². The third-order valence-corrected chi connectivity index (χ3v) is 7.61. The predicted molar refractivity (Wildman–Crippen MR) is 153 cm³/mol. The Bertz CT molecular complexity index is 1720. The van der Waals surface area contributed by atoms with E-state index in [9.17, 15) is 14.0 Å². The molecule has 0 N–H and O–H groups in total. The molecule has 41 heavy (non-hydrogen) atoms. The normalized spacial score (nSPS) is 17.0. The topological polar surface area (TPSA) is 85.5 Å². The summed E-state index contributed by atoms with van der Waals surface area (Å²) in [6, 6.07) is 9.37. The van der Waals surface area contributed by atoms with Gasteiger partial charge in [-0.05, 0) is 75.6 Å². The van der Waals surface area contributed by atoms with E-state index in [1.165, 1.54) is 0 Å². The summed E-state index contributed by atoms with van der Waals surface area (Å²) < 4.78 is 23.7. The van der Waals surface area contributed by atoms with Crippen LogP contribution in [0.25, 0.3) is 16.6 Å². The molecule has 2 aromatic carbocycles. The van der Waals surface area contributed by atoms with Crippen LogP contribution < -0.4 is 4.90 Å². The predicted octanol–water partition coefficient (Wildman–Crippen LogP) is 5.45. The van der Waals surface area contributed by atoms with Crippen LogP contribution in [0.4, 0.5) is 15.0 Å². The number of carbonyl (C=O) groups is 2. The SMILES string of the molecule is Cc1cc(-n2nc3c(c2N2C=CC(c4ccc5c(cnn5C)c4)C2=O)CN(C(=O)OC(C)(C)C)CC3)cc(C)c1F. The summed E-state index contributed by atoms with van der Waals surface area (Å²) in [5, 5.41) is 10.2. The van der Waals surface area contributed by atoms with E-state index < -0.39 is 17.6 Å². The molecule has 2 amide bonds. The lowest BCUT2D eigenvalue weighted by atomic mass is 9.98. The highest BCUT2D eigenvalue weighted by Crippen LogP contribution is 2.38. The van der Waals surface area contributed by atoms with Crippen LogP contribution in [0.5, 0.6) is 0 Å². The second kappa shape index (κ2) is 9.57. The molecule has 0 saturated heterocycles. The molecule has 0 saturated carbocycles. The molecule has 2 aliphatic rings. The van der Waals surface area contributed by atoms with Gasteiger partial charge in [0.15, 0.2) is 0 Å². The molecule has 0 radical (unpaired) electrons. The molecule has 0 aliphatic carbocycles. The van der Waals surface area contributed by atoms with Crippen molar-refractivity contribution in [2.75, 3.05) is 11.4 Å². The number of amides is 2. The summed E-state index contributed by atoms with van der Waals surface area (Å²) in [4.78, 5) is 30.3. The average molecular weight is 557 g/mol. The molecule has 2 aromatic heterocycles. The van der Waals surface area contributed by atoms with E-state index in [1.807, 2.05) is 52.1 Å². The second-order valence-electron chi connectivity index (χ2n) is 11.8. The smallest absolute Gasteiger partial charge is 0.410 e. The zero-order chi connectivity index (χ0) is 29.2. The zero-order valence-corrected chi connectivity index (χ0v) is 24.1. The quantitative estimate of drug-likeness (QED) is 0.335. The summed E-state index contributed by atoms with van der Waals surface area (Å²) in [6.45, 7) is 9.61. The van der Waals surface area contributed by atoms with Gasteiger partial charge in [0, 0.05) is 37.2 Å². The summed E-state index contributed by atoms with van der Waals surface area (Å²) in [7, 11) is 1.88. The summed E-state index contributed by atoms with van der Waals surface area (Å²) >= 11 is 0. The van der Waals surface area contributed by atoms with Gasteiger partial charge in [0.25, 0.3) is 0 Å². The van der Waals surface area contributed by atoms with Gasteiger partial charge in [-0.15, -0.1) is 0 Å². The minimum absolute atomic E-state index is 0.137. The number of hydrogen-bond donors (Lipinski definition) is 0. The molecule has 1 unspecified atom stereocenters. The van der Waals surface area contributed by atoms with Crippen molar-refractivity contribution in [1.29, 1.82) is 0 Å². The number of ether oxygens (including phenoxy) is 1. The summed E-state index contributed by atoms with van der Waals surface area (Å²) in [5.74, 6) is -0.362. The van der Waals surface area contributed by atoms with E-state index >= 15 is 0 Å². The first-order valence-electron chi connectivity index (χ1n) is 13.7. The summed E-state index contributed by atoms with van der Waals surface area (Å²) in [5.41, 5.74) is 4.39. The van der Waals surface area contributed by atoms with Gasteiger partial charge in [-0.2, -0.15) is 10.2 Å². The van der Waals surface area contributed by atoms with Crippen molar-refractivity contribution in [1.82, 2.24) is 24.5 Å². The van der Waals surface area contributed by atoms with Gasteiger partial charge >= 0.3 is 6.09 Å². The molecule has 0 bridgehead atoms. The van der Waals surface area contributed by atoms with Crippen molar-refractivity contribution in [2.24, 2.45) is 7.05 Å². The Hall–Kier alpha value is -4.47. The van der Waals surface area contributed by atoms with Crippen LogP contribution in [0, 0.1) is 19.7 Å². The maximum atomic E-state index is 14.6. The van der Waals surface area contributed by atoms with E-state index in [4.69, 9.17) is 9.84 Å². The lowest BCUT2D eigenvalue weighted by Gasteiger charge is -2.30. The van der Waals surface area contributed by atoms with Gasteiger partial charge in [-0.1, -0.05) is 12.1 Å². The molecule has 6 rings (SSSR count). The Morgan fingerprint density at radius 1 is 1.12 bits per heavy atom. The van der Waals surface area contributed by atoms with E-state index in [2.05, 4.69) is 5.10 Å². The van der Waals surface area contributed by atoms with Crippen molar-refractivity contribution < 1.29 is 18.7 Å². The van der Waals surface area contributed by atoms with Crippen LogP contribution >= 0.6 is 0 Å². The molecular formula is C31H33FN6O3. The van der Waals surface area contributed by atoms with Crippen LogP contribution in [0.1, 0.15) is 54.6 Å². The van der Waals surface area contributed by atoms with Crippen molar-refractivity contribution in [2.45, 2.75) is 59.1 Å². The van der Waals surface area contributed by atoms with Crippen molar-refractivity contribution in [3.05, 3.63) is 82.6 Å². The van der Waals surface area contributed by atoms with E-state index in [-0.39, 0.29) is 18.3 Å². The molecule has 10 heteroatoms. The lowest BCUT2D eigenvalue weighted by Crippen LogP contribution is -2.40. The van der Waals surface area contributed by atoms with E-state index in [0.29, 0.717) is 35.6 Å². The van der Waals surface area contributed by atoms with Gasteiger partial charge in [0.05, 0.1) is 35.6 Å². The number of benzene rings is 2. The maximum absolute atomic E-state index is 14.6.